The van der Waals surface area contributed by atoms with Crippen LogP contribution < -0.4 is 5.32 Å². The Morgan fingerprint density at radius 3 is 2.54 bits per heavy atom. The summed E-state index contributed by atoms with van der Waals surface area (Å²) in [5, 5.41) is 13.0. The number of hydrogen-bond donors (Lipinski definition) is 2. The molecule has 0 heterocycles. The van der Waals surface area contributed by atoms with Crippen molar-refractivity contribution in [2.24, 2.45) is 0 Å². The van der Waals surface area contributed by atoms with Gasteiger partial charge in [-0.1, -0.05) is 62.7 Å². The summed E-state index contributed by atoms with van der Waals surface area (Å²) in [7, 11) is 0. The molecular formula is C20H24ClNO2. The summed E-state index contributed by atoms with van der Waals surface area (Å²) in [5.74, 6) is 0. The van der Waals surface area contributed by atoms with E-state index in [0.717, 1.165) is 28.7 Å². The van der Waals surface area contributed by atoms with Crippen molar-refractivity contribution in [1.82, 2.24) is 5.32 Å². The first-order valence-corrected chi connectivity index (χ1v) is 8.45. The van der Waals surface area contributed by atoms with Gasteiger partial charge in [-0.25, -0.2) is 0 Å². The zero-order chi connectivity index (χ0) is 17.7. The summed E-state index contributed by atoms with van der Waals surface area (Å²) in [5.41, 5.74) is 5.12. The second kappa shape index (κ2) is 7.82. The zero-order valence-electron chi connectivity index (χ0n) is 14.4. The predicted molar refractivity (Wildman–Crippen MR) is 99.3 cm³/mol. The molecule has 2 rings (SSSR count). The van der Waals surface area contributed by atoms with Crippen LogP contribution in [-0.4, -0.2) is 18.1 Å². The molecule has 0 fully saturated rings. The van der Waals surface area contributed by atoms with Crippen molar-refractivity contribution in [2.45, 2.75) is 39.2 Å². The van der Waals surface area contributed by atoms with E-state index in [4.69, 9.17) is 11.6 Å². The number of benzene rings is 2. The first-order chi connectivity index (χ1) is 11.4. The SMILES string of the molecule is CC(C)(C)c1ccc(-c2cccc(Cl)c2CO)c(CCNC=O)c1. The third-order valence-electron chi connectivity index (χ3n) is 4.16. The van der Waals surface area contributed by atoms with Crippen LogP contribution in [0.15, 0.2) is 36.4 Å². The molecule has 0 unspecified atom stereocenters. The third-order valence-corrected chi connectivity index (χ3v) is 4.51. The molecular weight excluding hydrogens is 322 g/mol. The van der Waals surface area contributed by atoms with Gasteiger partial charge in [-0.2, -0.15) is 0 Å². The lowest BCUT2D eigenvalue weighted by Gasteiger charge is -2.22. The van der Waals surface area contributed by atoms with Gasteiger partial charge in [0.1, 0.15) is 0 Å². The van der Waals surface area contributed by atoms with E-state index < -0.39 is 0 Å². The molecule has 1 amide bonds. The van der Waals surface area contributed by atoms with Gasteiger partial charge < -0.3 is 10.4 Å². The van der Waals surface area contributed by atoms with Crippen molar-refractivity contribution in [2.75, 3.05) is 6.54 Å². The smallest absolute Gasteiger partial charge is 0.207 e. The second-order valence-electron chi connectivity index (χ2n) is 6.87. The van der Waals surface area contributed by atoms with Gasteiger partial charge in [0.2, 0.25) is 6.41 Å². The molecule has 0 saturated carbocycles. The molecule has 0 aliphatic carbocycles. The first kappa shape index (κ1) is 18.5. The number of aliphatic hydroxyl groups is 1. The largest absolute Gasteiger partial charge is 0.392 e. The maximum atomic E-state index is 10.6. The highest BCUT2D eigenvalue weighted by atomic mass is 35.5. The van der Waals surface area contributed by atoms with Crippen LogP contribution in [0.5, 0.6) is 0 Å². The van der Waals surface area contributed by atoms with Crippen LogP contribution >= 0.6 is 11.6 Å². The number of carbonyl (C=O) groups excluding carboxylic acids is 1. The number of amides is 1. The molecule has 4 heteroatoms. The lowest BCUT2D eigenvalue weighted by molar-refractivity contribution is -0.109. The summed E-state index contributed by atoms with van der Waals surface area (Å²) < 4.78 is 0. The van der Waals surface area contributed by atoms with Gasteiger partial charge in [-0.15, -0.1) is 0 Å². The fourth-order valence-electron chi connectivity index (χ4n) is 2.77. The number of hydrogen-bond acceptors (Lipinski definition) is 2. The Kier molecular flexibility index (Phi) is 6.03. The van der Waals surface area contributed by atoms with Crippen molar-refractivity contribution >= 4 is 18.0 Å². The Balaban J connectivity index is 2.56. The molecule has 2 N–H and O–H groups in total. The summed E-state index contributed by atoms with van der Waals surface area (Å²) in [6.07, 6.45) is 1.43. The number of carbonyl (C=O) groups is 1. The van der Waals surface area contributed by atoms with Gasteiger partial charge in [0, 0.05) is 17.1 Å². The Labute approximate surface area is 148 Å². The summed E-state index contributed by atoms with van der Waals surface area (Å²) in [6.45, 7) is 6.98. The monoisotopic (exact) mass is 345 g/mol. The van der Waals surface area contributed by atoms with Crippen molar-refractivity contribution in [1.29, 1.82) is 0 Å². The molecule has 0 spiro atoms. The molecule has 2 aromatic carbocycles. The van der Waals surface area contributed by atoms with Crippen LogP contribution in [0.25, 0.3) is 11.1 Å². The fourth-order valence-corrected chi connectivity index (χ4v) is 3.00. The van der Waals surface area contributed by atoms with E-state index in [1.807, 2.05) is 12.1 Å². The molecule has 0 aromatic heterocycles. The third kappa shape index (κ3) is 4.16. The predicted octanol–water partition coefficient (Wildman–Crippen LogP) is 4.09. The fraction of sp³-hybridized carbons (Fsp3) is 0.350. The van der Waals surface area contributed by atoms with Crippen LogP contribution in [0.2, 0.25) is 5.02 Å². The highest BCUT2D eigenvalue weighted by molar-refractivity contribution is 6.31. The molecule has 128 valence electrons. The van der Waals surface area contributed by atoms with Crippen LogP contribution in [0.1, 0.15) is 37.5 Å². The van der Waals surface area contributed by atoms with Crippen molar-refractivity contribution in [3.63, 3.8) is 0 Å². The summed E-state index contributed by atoms with van der Waals surface area (Å²) in [4.78, 5) is 10.6. The number of halogens is 1. The average Bonchev–Trinajstić information content (AvgIpc) is 2.54. The Bertz CT molecular complexity index is 720. The Morgan fingerprint density at radius 1 is 1.17 bits per heavy atom. The van der Waals surface area contributed by atoms with Crippen LogP contribution in [0, 0.1) is 0 Å². The Hall–Kier alpha value is -1.84. The van der Waals surface area contributed by atoms with Crippen molar-refractivity contribution in [3.05, 3.63) is 58.1 Å². The van der Waals surface area contributed by atoms with Crippen LogP contribution in [0.4, 0.5) is 0 Å². The van der Waals surface area contributed by atoms with Gasteiger partial charge in [-0.3, -0.25) is 4.79 Å². The summed E-state index contributed by atoms with van der Waals surface area (Å²) >= 11 is 6.24. The number of rotatable bonds is 6. The van der Waals surface area contributed by atoms with E-state index in [2.05, 4.69) is 44.3 Å². The zero-order valence-corrected chi connectivity index (χ0v) is 15.2. The normalized spacial score (nSPS) is 11.4. The number of aliphatic hydroxyl groups excluding tert-OH is 1. The molecule has 0 radical (unpaired) electrons. The maximum Gasteiger partial charge on any atom is 0.207 e. The topological polar surface area (TPSA) is 49.3 Å². The molecule has 0 aliphatic heterocycles. The molecule has 0 bridgehead atoms. The number of nitrogens with one attached hydrogen (secondary N) is 1. The molecule has 0 aliphatic rings. The van der Waals surface area contributed by atoms with E-state index in [1.165, 1.54) is 5.56 Å². The van der Waals surface area contributed by atoms with E-state index in [1.54, 1.807) is 6.07 Å². The minimum atomic E-state index is -0.109. The minimum Gasteiger partial charge on any atom is -0.392 e. The molecule has 2 aromatic rings. The van der Waals surface area contributed by atoms with Gasteiger partial charge in [0.05, 0.1) is 6.61 Å². The van der Waals surface area contributed by atoms with Gasteiger partial charge >= 0.3 is 0 Å². The van der Waals surface area contributed by atoms with Gasteiger partial charge in [-0.05, 0) is 40.2 Å². The van der Waals surface area contributed by atoms with Gasteiger partial charge in [0.15, 0.2) is 0 Å². The van der Waals surface area contributed by atoms with E-state index in [-0.39, 0.29) is 12.0 Å². The van der Waals surface area contributed by atoms with Gasteiger partial charge in [0.25, 0.3) is 0 Å². The highest BCUT2D eigenvalue weighted by Crippen LogP contribution is 2.34. The van der Waals surface area contributed by atoms with Crippen molar-refractivity contribution in [3.8, 4) is 11.1 Å². The molecule has 0 saturated heterocycles. The van der Waals surface area contributed by atoms with E-state index >= 15 is 0 Å². The van der Waals surface area contributed by atoms with Crippen LogP contribution in [-0.2, 0) is 23.2 Å². The first-order valence-electron chi connectivity index (χ1n) is 8.07. The molecule has 24 heavy (non-hydrogen) atoms. The Morgan fingerprint density at radius 2 is 1.92 bits per heavy atom. The highest BCUT2D eigenvalue weighted by Gasteiger charge is 2.17. The lowest BCUT2D eigenvalue weighted by atomic mass is 9.83. The maximum absolute atomic E-state index is 10.6. The minimum absolute atomic E-state index is 0.0412. The van der Waals surface area contributed by atoms with E-state index in [9.17, 15) is 9.90 Å². The lowest BCUT2D eigenvalue weighted by Crippen LogP contribution is -2.16. The average molecular weight is 346 g/mol. The van der Waals surface area contributed by atoms with Crippen molar-refractivity contribution < 1.29 is 9.90 Å². The second-order valence-corrected chi connectivity index (χ2v) is 7.28. The quantitative estimate of drug-likeness (QED) is 0.612. The summed E-state index contributed by atoms with van der Waals surface area (Å²) in [6, 6.07) is 12.0. The van der Waals surface area contributed by atoms with Crippen LogP contribution in [0.3, 0.4) is 0 Å². The van der Waals surface area contributed by atoms with E-state index in [0.29, 0.717) is 18.0 Å². The molecule has 0 atom stereocenters. The molecule has 3 nitrogen and oxygen atoms in total. The standard InChI is InChI=1S/C20H24ClNO2/c1-20(2,3)15-7-8-16(14(11-15)9-10-22-13-24)17-5-4-6-19(21)18(17)12-23/h4-8,11,13,23H,9-10,12H2,1-3H3,(H,22,24).